The Hall–Kier alpha value is -2.08. The van der Waals surface area contributed by atoms with Crippen molar-refractivity contribution in [3.05, 3.63) is 51.3 Å². The minimum Gasteiger partial charge on any atom is -0.488 e. The molecule has 1 heterocycles. The van der Waals surface area contributed by atoms with Crippen LogP contribution in [0, 0.1) is 13.8 Å². The van der Waals surface area contributed by atoms with Gasteiger partial charge in [0.25, 0.3) is 0 Å². The van der Waals surface area contributed by atoms with E-state index in [-0.39, 0.29) is 0 Å². The molecule has 1 aromatic heterocycles. The molecule has 2 rings (SSSR count). The molecule has 1 aromatic carbocycles. The fraction of sp³-hybridized carbons (Fsp3) is 0.200. The Labute approximate surface area is 130 Å². The summed E-state index contributed by atoms with van der Waals surface area (Å²) < 4.78 is 11.6. The SMILES string of the molecule is Cc1noc(C)c1COc1ccc(C=CC(=O)O)cc1Br. The molecule has 5 nitrogen and oxygen atoms in total. The van der Waals surface area contributed by atoms with E-state index in [1.165, 1.54) is 6.08 Å². The second-order valence-electron chi connectivity index (χ2n) is 4.45. The Kier molecular flexibility index (Phi) is 4.80. The van der Waals surface area contributed by atoms with Crippen LogP contribution in [0.3, 0.4) is 0 Å². The van der Waals surface area contributed by atoms with Crippen LogP contribution in [0.25, 0.3) is 6.08 Å². The molecule has 0 spiro atoms. The molecule has 0 bridgehead atoms. The fourth-order valence-corrected chi connectivity index (χ4v) is 2.27. The average molecular weight is 352 g/mol. The molecule has 110 valence electrons. The van der Waals surface area contributed by atoms with E-state index in [1.54, 1.807) is 18.2 Å². The molecular weight excluding hydrogens is 338 g/mol. The first-order valence-corrected chi connectivity index (χ1v) is 7.02. The van der Waals surface area contributed by atoms with Gasteiger partial charge in [0.15, 0.2) is 0 Å². The van der Waals surface area contributed by atoms with Crippen LogP contribution in [-0.4, -0.2) is 16.2 Å². The van der Waals surface area contributed by atoms with E-state index in [2.05, 4.69) is 21.1 Å². The third-order valence-corrected chi connectivity index (χ3v) is 3.55. The maximum Gasteiger partial charge on any atom is 0.328 e. The predicted octanol–water partition coefficient (Wildman–Crippen LogP) is 3.73. The van der Waals surface area contributed by atoms with Crippen LogP contribution in [0.1, 0.15) is 22.6 Å². The standard InChI is InChI=1S/C15H14BrNO4/c1-9-12(10(2)21-17-9)8-20-14-5-3-11(7-13(14)16)4-6-15(18)19/h3-7H,8H2,1-2H3,(H,18,19). The third kappa shape index (κ3) is 3.95. The minimum absolute atomic E-state index is 0.365. The van der Waals surface area contributed by atoms with Crippen molar-refractivity contribution in [1.82, 2.24) is 5.16 Å². The van der Waals surface area contributed by atoms with E-state index in [0.717, 1.165) is 33.1 Å². The van der Waals surface area contributed by atoms with Gasteiger partial charge in [0.05, 0.1) is 15.7 Å². The van der Waals surface area contributed by atoms with Crippen LogP contribution >= 0.6 is 15.9 Å². The summed E-state index contributed by atoms with van der Waals surface area (Å²) in [6.07, 6.45) is 2.61. The highest BCUT2D eigenvalue weighted by molar-refractivity contribution is 9.10. The maximum absolute atomic E-state index is 10.5. The van der Waals surface area contributed by atoms with Crippen molar-refractivity contribution in [3.8, 4) is 5.75 Å². The number of rotatable bonds is 5. The molecule has 0 atom stereocenters. The number of ether oxygens (including phenoxy) is 1. The van der Waals surface area contributed by atoms with Crippen LogP contribution < -0.4 is 4.74 Å². The molecule has 1 N–H and O–H groups in total. The highest BCUT2D eigenvalue weighted by Crippen LogP contribution is 2.28. The van der Waals surface area contributed by atoms with Gasteiger partial charge < -0.3 is 14.4 Å². The summed E-state index contributed by atoms with van der Waals surface area (Å²) in [6, 6.07) is 5.36. The zero-order valence-electron chi connectivity index (χ0n) is 11.6. The third-order valence-electron chi connectivity index (χ3n) is 2.93. The number of hydrogen-bond acceptors (Lipinski definition) is 4. The van der Waals surface area contributed by atoms with Gasteiger partial charge in [-0.05, 0) is 53.5 Å². The van der Waals surface area contributed by atoms with Crippen molar-refractivity contribution in [2.24, 2.45) is 0 Å². The van der Waals surface area contributed by atoms with E-state index >= 15 is 0 Å². The van der Waals surface area contributed by atoms with Gasteiger partial charge in [-0.1, -0.05) is 11.2 Å². The first kappa shape index (κ1) is 15.3. The molecule has 0 fully saturated rings. The Bertz CT molecular complexity index is 671. The van der Waals surface area contributed by atoms with Gasteiger partial charge in [0.2, 0.25) is 0 Å². The summed E-state index contributed by atoms with van der Waals surface area (Å²) in [5.74, 6) is 0.428. The molecule has 0 unspecified atom stereocenters. The van der Waals surface area contributed by atoms with Gasteiger partial charge in [0, 0.05) is 6.08 Å². The number of carboxylic acids is 1. The zero-order valence-corrected chi connectivity index (χ0v) is 13.2. The summed E-state index contributed by atoms with van der Waals surface area (Å²) in [5.41, 5.74) is 2.51. The van der Waals surface area contributed by atoms with E-state index < -0.39 is 5.97 Å². The first-order chi connectivity index (χ1) is 9.97. The Morgan fingerprint density at radius 1 is 1.48 bits per heavy atom. The molecule has 0 amide bonds. The van der Waals surface area contributed by atoms with Crippen molar-refractivity contribution in [2.45, 2.75) is 20.5 Å². The molecule has 0 saturated carbocycles. The van der Waals surface area contributed by atoms with Crippen molar-refractivity contribution in [1.29, 1.82) is 0 Å². The monoisotopic (exact) mass is 351 g/mol. The van der Waals surface area contributed by atoms with E-state index in [1.807, 2.05) is 13.8 Å². The Balaban J connectivity index is 2.09. The summed E-state index contributed by atoms with van der Waals surface area (Å²) in [4.78, 5) is 10.5. The molecule has 0 saturated heterocycles. The summed E-state index contributed by atoms with van der Waals surface area (Å²) in [6.45, 7) is 4.07. The van der Waals surface area contributed by atoms with Gasteiger partial charge in [-0.25, -0.2) is 4.79 Å². The highest BCUT2D eigenvalue weighted by atomic mass is 79.9. The lowest BCUT2D eigenvalue weighted by molar-refractivity contribution is -0.131. The van der Waals surface area contributed by atoms with E-state index in [4.69, 9.17) is 14.4 Å². The van der Waals surface area contributed by atoms with E-state index in [9.17, 15) is 4.79 Å². The summed E-state index contributed by atoms with van der Waals surface area (Å²) >= 11 is 3.41. The van der Waals surface area contributed by atoms with Gasteiger partial charge in [0.1, 0.15) is 18.1 Å². The smallest absolute Gasteiger partial charge is 0.328 e. The molecular formula is C15H14BrNO4. The molecule has 2 aromatic rings. The number of aryl methyl sites for hydroxylation is 2. The molecule has 6 heteroatoms. The van der Waals surface area contributed by atoms with Crippen molar-refractivity contribution >= 4 is 28.0 Å². The summed E-state index contributed by atoms with van der Waals surface area (Å²) in [7, 11) is 0. The van der Waals surface area contributed by atoms with Crippen LogP contribution in [0.4, 0.5) is 0 Å². The highest BCUT2D eigenvalue weighted by Gasteiger charge is 2.10. The minimum atomic E-state index is -0.982. The van der Waals surface area contributed by atoms with Gasteiger partial charge in [-0.2, -0.15) is 0 Å². The van der Waals surface area contributed by atoms with E-state index in [0.29, 0.717) is 12.4 Å². The number of carboxylic acid groups (broad SMARTS) is 1. The second kappa shape index (κ2) is 6.58. The number of nitrogens with zero attached hydrogens (tertiary/aromatic N) is 1. The number of aromatic nitrogens is 1. The van der Waals surface area contributed by atoms with Gasteiger partial charge in [-0.3, -0.25) is 0 Å². The summed E-state index contributed by atoms with van der Waals surface area (Å²) in [5, 5.41) is 12.5. The lowest BCUT2D eigenvalue weighted by Crippen LogP contribution is -1.98. The molecule has 0 radical (unpaired) electrons. The average Bonchev–Trinajstić information content (AvgIpc) is 2.75. The molecule has 0 aliphatic rings. The number of halogens is 1. The lowest BCUT2D eigenvalue weighted by Gasteiger charge is -2.08. The maximum atomic E-state index is 10.5. The van der Waals surface area contributed by atoms with Crippen LogP contribution in [0.15, 0.2) is 33.3 Å². The predicted molar refractivity (Wildman–Crippen MR) is 81.1 cm³/mol. The quantitative estimate of drug-likeness (QED) is 0.830. The number of carbonyl (C=O) groups is 1. The largest absolute Gasteiger partial charge is 0.488 e. The van der Waals surface area contributed by atoms with Crippen LogP contribution in [0.2, 0.25) is 0 Å². The number of benzene rings is 1. The Morgan fingerprint density at radius 2 is 2.24 bits per heavy atom. The fourth-order valence-electron chi connectivity index (χ4n) is 1.76. The number of aliphatic carboxylic acids is 1. The lowest BCUT2D eigenvalue weighted by atomic mass is 10.2. The molecule has 0 aliphatic heterocycles. The van der Waals surface area contributed by atoms with Gasteiger partial charge >= 0.3 is 5.97 Å². The topological polar surface area (TPSA) is 72.6 Å². The second-order valence-corrected chi connectivity index (χ2v) is 5.31. The van der Waals surface area contributed by atoms with Crippen molar-refractivity contribution < 1.29 is 19.2 Å². The number of hydrogen-bond donors (Lipinski definition) is 1. The van der Waals surface area contributed by atoms with Crippen molar-refractivity contribution in [3.63, 3.8) is 0 Å². The normalized spacial score (nSPS) is 11.0. The Morgan fingerprint density at radius 3 is 2.81 bits per heavy atom. The molecule has 0 aliphatic carbocycles. The zero-order chi connectivity index (χ0) is 15.4. The van der Waals surface area contributed by atoms with Gasteiger partial charge in [-0.15, -0.1) is 0 Å². The van der Waals surface area contributed by atoms with Crippen LogP contribution in [-0.2, 0) is 11.4 Å². The first-order valence-electron chi connectivity index (χ1n) is 6.22. The van der Waals surface area contributed by atoms with Crippen molar-refractivity contribution in [2.75, 3.05) is 0 Å². The molecule has 21 heavy (non-hydrogen) atoms. The van der Waals surface area contributed by atoms with Crippen LogP contribution in [0.5, 0.6) is 5.75 Å².